The van der Waals surface area contributed by atoms with E-state index in [0.29, 0.717) is 18.1 Å². The van der Waals surface area contributed by atoms with Crippen LogP contribution in [0.4, 0.5) is 17.3 Å². The molecule has 22 heavy (non-hydrogen) atoms. The molecule has 0 unspecified atom stereocenters. The molecule has 3 N–H and O–H groups in total. The van der Waals surface area contributed by atoms with Gasteiger partial charge < -0.3 is 16.0 Å². The van der Waals surface area contributed by atoms with Gasteiger partial charge in [0.25, 0.3) is 0 Å². The quantitative estimate of drug-likeness (QED) is 0.816. The molecular weight excluding hydrogens is 298 g/mol. The topological polar surface area (TPSA) is 67.1 Å². The van der Waals surface area contributed by atoms with Crippen LogP contribution in [0.5, 0.6) is 0 Å². The van der Waals surface area contributed by atoms with Crippen LogP contribution in [-0.2, 0) is 6.54 Å². The Morgan fingerprint density at radius 3 is 2.64 bits per heavy atom. The molecule has 0 aliphatic rings. The normalized spacial score (nSPS) is 10.5. The van der Waals surface area contributed by atoms with Crippen LogP contribution < -0.4 is 16.0 Å². The minimum atomic E-state index is 0.579. The zero-order valence-corrected chi connectivity index (χ0v) is 13.8. The highest BCUT2D eigenvalue weighted by Crippen LogP contribution is 2.25. The van der Waals surface area contributed by atoms with E-state index in [1.165, 1.54) is 0 Å². The lowest BCUT2D eigenvalue weighted by atomic mass is 10.2. The van der Waals surface area contributed by atoms with Crippen molar-refractivity contribution in [2.24, 2.45) is 0 Å². The minimum absolute atomic E-state index is 0.579. The lowest BCUT2D eigenvalue weighted by Crippen LogP contribution is -2.21. The molecule has 1 heterocycles. The Kier molecular flexibility index (Phi) is 5.83. The van der Waals surface area contributed by atoms with E-state index in [4.69, 9.17) is 17.3 Å². The van der Waals surface area contributed by atoms with E-state index in [2.05, 4.69) is 27.1 Å². The van der Waals surface area contributed by atoms with Gasteiger partial charge in [-0.05, 0) is 24.1 Å². The van der Waals surface area contributed by atoms with Crippen LogP contribution in [0.25, 0.3) is 0 Å². The van der Waals surface area contributed by atoms with Gasteiger partial charge >= 0.3 is 0 Å². The summed E-state index contributed by atoms with van der Waals surface area (Å²) in [6, 6.07) is 7.68. The summed E-state index contributed by atoms with van der Waals surface area (Å²) in [5.41, 5.74) is 7.89. The number of nitrogen functional groups attached to an aromatic ring is 1. The third-order valence-electron chi connectivity index (χ3n) is 3.44. The van der Waals surface area contributed by atoms with Gasteiger partial charge in [-0.25, -0.2) is 9.97 Å². The lowest BCUT2D eigenvalue weighted by molar-refractivity contribution is 0.759. The molecule has 2 aromatic rings. The second-order valence-corrected chi connectivity index (χ2v) is 5.65. The summed E-state index contributed by atoms with van der Waals surface area (Å²) in [7, 11) is 2.00. The fourth-order valence-corrected chi connectivity index (χ4v) is 2.25. The zero-order chi connectivity index (χ0) is 15.9. The Labute approximate surface area is 136 Å². The number of nitrogens with one attached hydrogen (secondary N) is 1. The van der Waals surface area contributed by atoms with Gasteiger partial charge in [-0.15, -0.1) is 0 Å². The lowest BCUT2D eigenvalue weighted by Gasteiger charge is -2.20. The van der Waals surface area contributed by atoms with Crippen LogP contribution in [-0.4, -0.2) is 23.6 Å². The summed E-state index contributed by atoms with van der Waals surface area (Å²) in [5, 5.41) is 3.98. The third-order valence-corrected chi connectivity index (χ3v) is 3.70. The molecule has 0 saturated carbocycles. The Balaban J connectivity index is 2.06. The predicted octanol–water partition coefficient (Wildman–Crippen LogP) is 3.56. The number of hydrogen-bond donors (Lipinski definition) is 2. The summed E-state index contributed by atoms with van der Waals surface area (Å²) in [6.45, 7) is 3.72. The largest absolute Gasteiger partial charge is 0.393 e. The standard InChI is InChI=1S/C16H22ClN5/c1-3-4-9-22(2)16-14(18)15(20-11-21-16)19-10-12-5-7-13(17)8-6-12/h5-8,11H,3-4,9-10,18H2,1-2H3,(H,19,20,21). The van der Waals surface area contributed by atoms with Gasteiger partial charge in [0.1, 0.15) is 12.0 Å². The molecule has 5 nitrogen and oxygen atoms in total. The van der Waals surface area contributed by atoms with Gasteiger partial charge in [0, 0.05) is 25.2 Å². The molecule has 0 radical (unpaired) electrons. The van der Waals surface area contributed by atoms with Crippen LogP contribution in [0, 0.1) is 0 Å². The second kappa shape index (κ2) is 7.84. The second-order valence-electron chi connectivity index (χ2n) is 5.21. The van der Waals surface area contributed by atoms with E-state index in [-0.39, 0.29) is 0 Å². The Morgan fingerprint density at radius 1 is 1.23 bits per heavy atom. The molecule has 1 aromatic heterocycles. The monoisotopic (exact) mass is 319 g/mol. The molecule has 1 aromatic carbocycles. The first-order valence-corrected chi connectivity index (χ1v) is 7.79. The molecule has 2 rings (SSSR count). The summed E-state index contributed by atoms with van der Waals surface area (Å²) in [4.78, 5) is 10.6. The smallest absolute Gasteiger partial charge is 0.157 e. The zero-order valence-electron chi connectivity index (χ0n) is 13.0. The van der Waals surface area contributed by atoms with Gasteiger partial charge in [-0.3, -0.25) is 0 Å². The molecule has 0 amide bonds. The number of halogens is 1. The van der Waals surface area contributed by atoms with Crippen molar-refractivity contribution in [1.82, 2.24) is 9.97 Å². The van der Waals surface area contributed by atoms with Crippen LogP contribution in [0.2, 0.25) is 5.02 Å². The molecule has 0 saturated heterocycles. The number of nitrogens with zero attached hydrogens (tertiary/aromatic N) is 3. The molecular formula is C16H22ClN5. The average molecular weight is 320 g/mol. The maximum absolute atomic E-state index is 6.19. The number of anilines is 3. The van der Waals surface area contributed by atoms with E-state index in [9.17, 15) is 0 Å². The first-order valence-electron chi connectivity index (χ1n) is 7.41. The molecule has 6 heteroatoms. The van der Waals surface area contributed by atoms with Crippen molar-refractivity contribution in [1.29, 1.82) is 0 Å². The van der Waals surface area contributed by atoms with Crippen molar-refractivity contribution in [3.05, 3.63) is 41.2 Å². The fourth-order valence-electron chi connectivity index (χ4n) is 2.12. The van der Waals surface area contributed by atoms with Crippen LogP contribution in [0.1, 0.15) is 25.3 Å². The molecule has 0 bridgehead atoms. The van der Waals surface area contributed by atoms with Gasteiger partial charge in [-0.1, -0.05) is 37.1 Å². The number of rotatable bonds is 7. The first kappa shape index (κ1) is 16.4. The number of benzene rings is 1. The van der Waals surface area contributed by atoms with E-state index in [1.54, 1.807) is 6.33 Å². The Hall–Kier alpha value is -2.01. The van der Waals surface area contributed by atoms with Gasteiger partial charge in [0.05, 0.1) is 0 Å². The van der Waals surface area contributed by atoms with Crippen molar-refractivity contribution >= 4 is 28.9 Å². The third kappa shape index (κ3) is 4.24. The van der Waals surface area contributed by atoms with Gasteiger partial charge in [0.2, 0.25) is 0 Å². The van der Waals surface area contributed by atoms with Crippen molar-refractivity contribution < 1.29 is 0 Å². The number of hydrogen-bond acceptors (Lipinski definition) is 5. The number of aromatic nitrogens is 2. The average Bonchev–Trinajstić information content (AvgIpc) is 2.53. The summed E-state index contributed by atoms with van der Waals surface area (Å²) >= 11 is 5.88. The maximum atomic E-state index is 6.19. The highest BCUT2D eigenvalue weighted by molar-refractivity contribution is 6.30. The van der Waals surface area contributed by atoms with Crippen LogP contribution in [0.3, 0.4) is 0 Å². The van der Waals surface area contributed by atoms with Crippen molar-refractivity contribution in [2.75, 3.05) is 29.5 Å². The Morgan fingerprint density at radius 2 is 1.95 bits per heavy atom. The van der Waals surface area contributed by atoms with Gasteiger partial charge in [0.15, 0.2) is 11.6 Å². The number of unbranched alkanes of at least 4 members (excludes halogenated alkanes) is 1. The van der Waals surface area contributed by atoms with Crippen molar-refractivity contribution in [3.63, 3.8) is 0 Å². The first-order chi connectivity index (χ1) is 10.6. The molecule has 0 spiro atoms. The molecule has 0 aliphatic carbocycles. The minimum Gasteiger partial charge on any atom is -0.393 e. The van der Waals surface area contributed by atoms with Crippen LogP contribution in [0.15, 0.2) is 30.6 Å². The molecule has 118 valence electrons. The highest BCUT2D eigenvalue weighted by Gasteiger charge is 2.11. The predicted molar refractivity (Wildman–Crippen MR) is 93.4 cm³/mol. The van der Waals surface area contributed by atoms with E-state index in [1.807, 2.05) is 31.3 Å². The molecule has 0 atom stereocenters. The van der Waals surface area contributed by atoms with Crippen molar-refractivity contribution in [2.45, 2.75) is 26.3 Å². The highest BCUT2D eigenvalue weighted by atomic mass is 35.5. The molecule has 0 aliphatic heterocycles. The van der Waals surface area contributed by atoms with E-state index >= 15 is 0 Å². The summed E-state index contributed by atoms with van der Waals surface area (Å²) < 4.78 is 0. The summed E-state index contributed by atoms with van der Waals surface area (Å²) in [5.74, 6) is 1.42. The van der Waals surface area contributed by atoms with Crippen molar-refractivity contribution in [3.8, 4) is 0 Å². The van der Waals surface area contributed by atoms with E-state index < -0.39 is 0 Å². The maximum Gasteiger partial charge on any atom is 0.157 e. The van der Waals surface area contributed by atoms with E-state index in [0.717, 1.165) is 35.8 Å². The SMILES string of the molecule is CCCCN(C)c1ncnc(NCc2ccc(Cl)cc2)c1N. The van der Waals surface area contributed by atoms with Gasteiger partial charge in [-0.2, -0.15) is 0 Å². The summed E-state index contributed by atoms with van der Waals surface area (Å²) in [6.07, 6.45) is 3.78. The van der Waals surface area contributed by atoms with Crippen LogP contribution >= 0.6 is 11.6 Å². The fraction of sp³-hybridized carbons (Fsp3) is 0.375. The Bertz CT molecular complexity index is 600. The molecule has 0 fully saturated rings. The number of nitrogens with two attached hydrogens (primary N) is 1.